The van der Waals surface area contributed by atoms with Gasteiger partial charge in [0, 0.05) is 7.05 Å². The minimum Gasteiger partial charge on any atom is -0.448 e. The Kier molecular flexibility index (Phi) is 2.31. The second-order valence-corrected chi connectivity index (χ2v) is 1.54. The summed E-state index contributed by atoms with van der Waals surface area (Å²) >= 11 is 0. The van der Waals surface area contributed by atoms with E-state index < -0.39 is 0 Å². The minimum absolute atomic E-state index is 0. The van der Waals surface area contributed by atoms with Gasteiger partial charge in [0.25, 0.3) is 0 Å². The number of cyclic esters (lactones) is 1. The predicted molar refractivity (Wildman–Crippen MR) is 30.7 cm³/mol. The Morgan fingerprint density at radius 2 is 2.38 bits per heavy atom. The highest BCUT2D eigenvalue weighted by molar-refractivity contribution is 5.68. The van der Waals surface area contributed by atoms with Crippen LogP contribution in [0.2, 0.25) is 0 Å². The fourth-order valence-electron chi connectivity index (χ4n) is 0.471. The molecular weight excluding hydrogens is 106 g/mol. The van der Waals surface area contributed by atoms with Crippen LogP contribution in [0.25, 0.3) is 0 Å². The Hall–Kier alpha value is -0.730. The zero-order valence-corrected chi connectivity index (χ0v) is 4.18. The molecule has 48 valence electrons. The number of likely N-dealkylation sites (N-methyl/N-ethyl adjacent to an activating group) is 1. The molecule has 0 bridgehead atoms. The molecule has 0 aromatic carbocycles. The van der Waals surface area contributed by atoms with Crippen molar-refractivity contribution in [1.82, 2.24) is 4.90 Å². The fourth-order valence-corrected chi connectivity index (χ4v) is 0.471. The molecule has 0 aliphatic carbocycles. The van der Waals surface area contributed by atoms with Crippen LogP contribution in [0.15, 0.2) is 0 Å². The SMILES string of the molecule is C.CN1CCOC1=O. The van der Waals surface area contributed by atoms with Gasteiger partial charge < -0.3 is 9.64 Å². The van der Waals surface area contributed by atoms with E-state index in [1.165, 1.54) is 0 Å². The molecule has 1 rings (SSSR count). The van der Waals surface area contributed by atoms with Crippen LogP contribution in [0.4, 0.5) is 4.79 Å². The molecule has 0 atom stereocenters. The van der Waals surface area contributed by atoms with E-state index in [9.17, 15) is 4.79 Å². The molecular formula is C5H11NO2. The van der Waals surface area contributed by atoms with Crippen molar-refractivity contribution in [2.75, 3.05) is 20.2 Å². The molecule has 1 amide bonds. The molecule has 3 nitrogen and oxygen atoms in total. The van der Waals surface area contributed by atoms with E-state index in [0.717, 1.165) is 6.54 Å². The van der Waals surface area contributed by atoms with Crippen molar-refractivity contribution in [3.8, 4) is 0 Å². The molecule has 1 heterocycles. The second-order valence-electron chi connectivity index (χ2n) is 1.54. The maximum Gasteiger partial charge on any atom is 0.409 e. The standard InChI is InChI=1S/C4H7NO2.CH4/c1-5-2-3-7-4(5)6;/h2-3H2,1H3;1H4. The lowest BCUT2D eigenvalue weighted by Gasteiger charge is -1.98. The van der Waals surface area contributed by atoms with Crippen LogP contribution >= 0.6 is 0 Å². The first-order valence-electron chi connectivity index (χ1n) is 2.18. The lowest BCUT2D eigenvalue weighted by atomic mass is 10.7. The summed E-state index contributed by atoms with van der Waals surface area (Å²) in [7, 11) is 1.72. The average molecular weight is 117 g/mol. The largest absolute Gasteiger partial charge is 0.448 e. The molecule has 3 heteroatoms. The second kappa shape index (κ2) is 2.55. The van der Waals surface area contributed by atoms with E-state index in [2.05, 4.69) is 4.74 Å². The number of rotatable bonds is 0. The third kappa shape index (κ3) is 1.12. The van der Waals surface area contributed by atoms with E-state index in [4.69, 9.17) is 0 Å². The molecule has 0 radical (unpaired) electrons. The first kappa shape index (κ1) is 7.27. The predicted octanol–water partition coefficient (Wildman–Crippen LogP) is 0.704. The van der Waals surface area contributed by atoms with Crippen molar-refractivity contribution >= 4 is 6.09 Å². The number of hydrogen-bond donors (Lipinski definition) is 0. The molecule has 0 aromatic heterocycles. The Bertz CT molecular complexity index is 92.4. The van der Waals surface area contributed by atoms with Gasteiger partial charge in [0.05, 0.1) is 6.54 Å². The third-order valence-electron chi connectivity index (χ3n) is 0.964. The molecule has 0 N–H and O–H groups in total. The van der Waals surface area contributed by atoms with Crippen molar-refractivity contribution in [1.29, 1.82) is 0 Å². The lowest BCUT2D eigenvalue weighted by molar-refractivity contribution is 0.163. The summed E-state index contributed by atoms with van der Waals surface area (Å²) in [5.41, 5.74) is 0. The van der Waals surface area contributed by atoms with Gasteiger partial charge in [-0.1, -0.05) is 7.43 Å². The van der Waals surface area contributed by atoms with E-state index >= 15 is 0 Å². The van der Waals surface area contributed by atoms with Crippen LogP contribution in [-0.4, -0.2) is 31.2 Å². The van der Waals surface area contributed by atoms with Gasteiger partial charge in [0.15, 0.2) is 0 Å². The summed E-state index contributed by atoms with van der Waals surface area (Å²) < 4.78 is 4.55. The number of nitrogens with zero attached hydrogens (tertiary/aromatic N) is 1. The first-order valence-corrected chi connectivity index (χ1v) is 2.18. The zero-order chi connectivity index (χ0) is 5.28. The molecule has 8 heavy (non-hydrogen) atoms. The molecule has 1 aliphatic heterocycles. The number of ether oxygens (including phenoxy) is 1. The van der Waals surface area contributed by atoms with Crippen molar-refractivity contribution < 1.29 is 9.53 Å². The highest BCUT2D eigenvalue weighted by atomic mass is 16.6. The summed E-state index contributed by atoms with van der Waals surface area (Å²) in [5, 5.41) is 0. The monoisotopic (exact) mass is 117 g/mol. The summed E-state index contributed by atoms with van der Waals surface area (Å²) in [5.74, 6) is 0. The smallest absolute Gasteiger partial charge is 0.409 e. The summed E-state index contributed by atoms with van der Waals surface area (Å²) in [4.78, 5) is 11.8. The minimum atomic E-state index is -0.208. The Balaban J connectivity index is 0.000000490. The Morgan fingerprint density at radius 1 is 1.75 bits per heavy atom. The average Bonchev–Trinajstić information content (AvgIpc) is 1.91. The normalized spacial score (nSPS) is 17.6. The molecule has 1 aliphatic rings. The number of hydrogen-bond acceptors (Lipinski definition) is 2. The van der Waals surface area contributed by atoms with Gasteiger partial charge >= 0.3 is 6.09 Å². The molecule has 1 saturated heterocycles. The summed E-state index contributed by atoms with van der Waals surface area (Å²) in [6, 6.07) is 0. The van der Waals surface area contributed by atoms with E-state index in [0.29, 0.717) is 6.61 Å². The topological polar surface area (TPSA) is 29.5 Å². The summed E-state index contributed by atoms with van der Waals surface area (Å²) in [6.45, 7) is 1.29. The van der Waals surface area contributed by atoms with E-state index in [1.54, 1.807) is 11.9 Å². The lowest BCUT2D eigenvalue weighted by Crippen LogP contribution is -2.17. The molecule has 0 spiro atoms. The van der Waals surface area contributed by atoms with Gasteiger partial charge in [-0.25, -0.2) is 4.79 Å². The highest BCUT2D eigenvalue weighted by Gasteiger charge is 2.15. The van der Waals surface area contributed by atoms with Crippen molar-refractivity contribution in [2.45, 2.75) is 7.43 Å². The quantitative estimate of drug-likeness (QED) is 0.467. The zero-order valence-electron chi connectivity index (χ0n) is 4.18. The van der Waals surface area contributed by atoms with Crippen LogP contribution in [-0.2, 0) is 4.74 Å². The van der Waals surface area contributed by atoms with Crippen molar-refractivity contribution in [3.63, 3.8) is 0 Å². The van der Waals surface area contributed by atoms with Crippen LogP contribution < -0.4 is 0 Å². The van der Waals surface area contributed by atoms with Crippen molar-refractivity contribution in [3.05, 3.63) is 0 Å². The van der Waals surface area contributed by atoms with Crippen LogP contribution in [0.5, 0.6) is 0 Å². The highest BCUT2D eigenvalue weighted by Crippen LogP contribution is 1.96. The van der Waals surface area contributed by atoms with Gasteiger partial charge in [-0.05, 0) is 0 Å². The van der Waals surface area contributed by atoms with Crippen LogP contribution in [0, 0.1) is 0 Å². The number of carbonyl (C=O) groups excluding carboxylic acids is 1. The molecule has 1 fully saturated rings. The first-order chi connectivity index (χ1) is 3.30. The van der Waals surface area contributed by atoms with Crippen LogP contribution in [0.1, 0.15) is 7.43 Å². The van der Waals surface area contributed by atoms with Gasteiger partial charge in [-0.2, -0.15) is 0 Å². The Labute approximate surface area is 49.2 Å². The van der Waals surface area contributed by atoms with Gasteiger partial charge in [0.1, 0.15) is 6.61 Å². The van der Waals surface area contributed by atoms with E-state index in [1.807, 2.05) is 0 Å². The maximum atomic E-state index is 10.3. The van der Waals surface area contributed by atoms with Gasteiger partial charge in [-0.15, -0.1) is 0 Å². The molecule has 0 aromatic rings. The number of amides is 1. The van der Waals surface area contributed by atoms with Gasteiger partial charge in [-0.3, -0.25) is 0 Å². The molecule has 0 saturated carbocycles. The Morgan fingerprint density at radius 3 is 2.50 bits per heavy atom. The number of carbonyl (C=O) groups is 1. The summed E-state index contributed by atoms with van der Waals surface area (Å²) in [6.07, 6.45) is -0.208. The maximum absolute atomic E-state index is 10.3. The fraction of sp³-hybridized carbons (Fsp3) is 0.800. The van der Waals surface area contributed by atoms with E-state index in [-0.39, 0.29) is 13.5 Å². The van der Waals surface area contributed by atoms with Crippen molar-refractivity contribution in [2.24, 2.45) is 0 Å². The van der Waals surface area contributed by atoms with Crippen LogP contribution in [0.3, 0.4) is 0 Å². The van der Waals surface area contributed by atoms with Gasteiger partial charge in [0.2, 0.25) is 0 Å². The third-order valence-corrected chi connectivity index (χ3v) is 0.964. The molecule has 0 unspecified atom stereocenters.